The molecule has 2 atom stereocenters. The van der Waals surface area contributed by atoms with Crippen LogP contribution in [0.4, 0.5) is 0 Å². The number of hydrogen-bond donors (Lipinski definition) is 2. The van der Waals surface area contributed by atoms with Crippen LogP contribution in [0.5, 0.6) is 5.75 Å². The van der Waals surface area contributed by atoms with E-state index in [1.807, 2.05) is 24.3 Å². The van der Waals surface area contributed by atoms with Crippen LogP contribution in [0.25, 0.3) is 0 Å². The molecule has 2 N–H and O–H groups in total. The predicted octanol–water partition coefficient (Wildman–Crippen LogP) is 2.06. The van der Waals surface area contributed by atoms with E-state index < -0.39 is 0 Å². The Labute approximate surface area is 123 Å². The molecule has 1 saturated carbocycles. The molecule has 1 aliphatic rings. The van der Waals surface area contributed by atoms with E-state index in [4.69, 9.17) is 4.74 Å². The van der Waals surface area contributed by atoms with E-state index in [1.165, 1.54) is 11.8 Å². The topological polar surface area (TPSA) is 58.6 Å². The van der Waals surface area contributed by atoms with Crippen LogP contribution in [0.15, 0.2) is 29.2 Å². The van der Waals surface area contributed by atoms with Gasteiger partial charge in [-0.2, -0.15) is 0 Å². The maximum Gasteiger partial charge on any atom is 0.230 e. The Hall–Kier alpha value is -1.20. The molecule has 2 rings (SSSR count). The molecule has 0 aromatic heterocycles. The molecule has 1 amide bonds. The van der Waals surface area contributed by atoms with Crippen molar-refractivity contribution < 1.29 is 14.6 Å². The third-order valence-electron chi connectivity index (χ3n) is 3.53. The number of carbonyl (C=O) groups is 1. The second-order valence-corrected chi connectivity index (χ2v) is 6.15. The molecule has 0 spiro atoms. The Balaban J connectivity index is 1.66. The molecule has 0 saturated heterocycles. The maximum atomic E-state index is 11.8. The number of hydrogen-bond acceptors (Lipinski definition) is 4. The fraction of sp³-hybridized carbons (Fsp3) is 0.533. The van der Waals surface area contributed by atoms with Crippen molar-refractivity contribution in [3.63, 3.8) is 0 Å². The van der Waals surface area contributed by atoms with Crippen LogP contribution in [0, 0.1) is 5.92 Å². The number of aliphatic hydroxyl groups is 1. The molecular formula is C15H21NO3S. The summed E-state index contributed by atoms with van der Waals surface area (Å²) in [5.74, 6) is 1.72. The number of ether oxygens (including phenoxy) is 1. The molecule has 1 fully saturated rings. The molecule has 0 bridgehead atoms. The molecule has 0 heterocycles. The molecule has 0 radical (unpaired) electrons. The van der Waals surface area contributed by atoms with Crippen molar-refractivity contribution in [3.05, 3.63) is 24.3 Å². The van der Waals surface area contributed by atoms with Gasteiger partial charge in [0.1, 0.15) is 5.75 Å². The van der Waals surface area contributed by atoms with Crippen molar-refractivity contribution in [2.45, 2.75) is 30.3 Å². The Morgan fingerprint density at radius 2 is 2.15 bits per heavy atom. The van der Waals surface area contributed by atoms with E-state index in [9.17, 15) is 9.90 Å². The molecule has 1 aromatic carbocycles. The fourth-order valence-corrected chi connectivity index (χ4v) is 3.09. The number of amides is 1. The molecule has 110 valence electrons. The molecule has 4 nitrogen and oxygen atoms in total. The highest BCUT2D eigenvalue weighted by atomic mass is 32.2. The summed E-state index contributed by atoms with van der Waals surface area (Å²) in [5.41, 5.74) is 0. The minimum Gasteiger partial charge on any atom is -0.497 e. The van der Waals surface area contributed by atoms with Crippen molar-refractivity contribution in [2.24, 2.45) is 5.92 Å². The lowest BCUT2D eigenvalue weighted by molar-refractivity contribution is -0.118. The smallest absolute Gasteiger partial charge is 0.230 e. The highest BCUT2D eigenvalue weighted by Gasteiger charge is 2.22. The zero-order valence-electron chi connectivity index (χ0n) is 11.7. The first-order valence-corrected chi connectivity index (χ1v) is 7.87. The van der Waals surface area contributed by atoms with Crippen molar-refractivity contribution in [2.75, 3.05) is 19.4 Å². The quantitative estimate of drug-likeness (QED) is 0.789. The molecule has 2 unspecified atom stereocenters. The first-order chi connectivity index (χ1) is 9.67. The summed E-state index contributed by atoms with van der Waals surface area (Å²) < 4.78 is 5.09. The van der Waals surface area contributed by atoms with Gasteiger partial charge in [0.15, 0.2) is 0 Å². The number of nitrogens with one attached hydrogen (secondary N) is 1. The van der Waals surface area contributed by atoms with Crippen molar-refractivity contribution in [3.8, 4) is 5.75 Å². The van der Waals surface area contributed by atoms with Gasteiger partial charge in [-0.15, -0.1) is 11.8 Å². The lowest BCUT2D eigenvalue weighted by Crippen LogP contribution is -2.30. The molecular weight excluding hydrogens is 274 g/mol. The van der Waals surface area contributed by atoms with Gasteiger partial charge in [0, 0.05) is 11.4 Å². The summed E-state index contributed by atoms with van der Waals surface area (Å²) in [6.45, 7) is 0.680. The summed E-state index contributed by atoms with van der Waals surface area (Å²) >= 11 is 1.51. The number of aliphatic hydroxyl groups excluding tert-OH is 1. The first kappa shape index (κ1) is 15.2. The lowest BCUT2D eigenvalue weighted by atomic mass is 10.1. The summed E-state index contributed by atoms with van der Waals surface area (Å²) in [6.07, 6.45) is 2.51. The maximum absolute atomic E-state index is 11.8. The zero-order valence-corrected chi connectivity index (χ0v) is 12.5. The van der Waals surface area contributed by atoms with Gasteiger partial charge in [-0.25, -0.2) is 0 Å². The predicted molar refractivity (Wildman–Crippen MR) is 80.1 cm³/mol. The van der Waals surface area contributed by atoms with Gasteiger partial charge in [0.25, 0.3) is 0 Å². The second-order valence-electron chi connectivity index (χ2n) is 5.10. The van der Waals surface area contributed by atoms with Crippen LogP contribution in [0.2, 0.25) is 0 Å². The standard InChI is InChI=1S/C15H21NO3S/c1-19-13-4-6-14(7-5-13)20-10-15(18)16-9-11-2-3-12(17)8-11/h4-7,11-12,17H,2-3,8-10H2,1H3,(H,16,18). The van der Waals surface area contributed by atoms with Gasteiger partial charge in [-0.05, 0) is 49.4 Å². The van der Waals surface area contributed by atoms with Gasteiger partial charge >= 0.3 is 0 Å². The van der Waals surface area contributed by atoms with Crippen LogP contribution in [0.1, 0.15) is 19.3 Å². The van der Waals surface area contributed by atoms with Crippen LogP contribution in [0.3, 0.4) is 0 Å². The third-order valence-corrected chi connectivity index (χ3v) is 4.54. The largest absolute Gasteiger partial charge is 0.497 e. The normalized spacial score (nSPS) is 21.7. The number of benzene rings is 1. The van der Waals surface area contributed by atoms with E-state index in [2.05, 4.69) is 5.32 Å². The van der Waals surface area contributed by atoms with E-state index in [0.717, 1.165) is 29.9 Å². The number of methoxy groups -OCH3 is 1. The number of rotatable bonds is 6. The first-order valence-electron chi connectivity index (χ1n) is 6.89. The molecule has 5 heteroatoms. The second kappa shape index (κ2) is 7.55. The van der Waals surface area contributed by atoms with Gasteiger partial charge in [0.2, 0.25) is 5.91 Å². The monoisotopic (exact) mass is 295 g/mol. The summed E-state index contributed by atoms with van der Waals surface area (Å²) in [7, 11) is 1.63. The van der Waals surface area contributed by atoms with Crippen LogP contribution < -0.4 is 10.1 Å². The van der Waals surface area contributed by atoms with Crippen LogP contribution >= 0.6 is 11.8 Å². The van der Waals surface area contributed by atoms with Gasteiger partial charge < -0.3 is 15.2 Å². The Bertz CT molecular complexity index is 435. The Morgan fingerprint density at radius 3 is 2.75 bits per heavy atom. The van der Waals surface area contributed by atoms with Crippen molar-refractivity contribution in [1.29, 1.82) is 0 Å². The number of carbonyl (C=O) groups excluding carboxylic acids is 1. The van der Waals surface area contributed by atoms with Crippen molar-refractivity contribution in [1.82, 2.24) is 5.32 Å². The van der Waals surface area contributed by atoms with E-state index in [1.54, 1.807) is 7.11 Å². The van der Waals surface area contributed by atoms with E-state index >= 15 is 0 Å². The Kier molecular flexibility index (Phi) is 5.73. The molecule has 20 heavy (non-hydrogen) atoms. The average molecular weight is 295 g/mol. The minimum absolute atomic E-state index is 0.0483. The minimum atomic E-state index is -0.175. The lowest BCUT2D eigenvalue weighted by Gasteiger charge is -2.10. The fourth-order valence-electron chi connectivity index (χ4n) is 2.36. The van der Waals surface area contributed by atoms with Gasteiger partial charge in [-0.3, -0.25) is 4.79 Å². The third kappa shape index (κ3) is 4.72. The van der Waals surface area contributed by atoms with Gasteiger partial charge in [-0.1, -0.05) is 0 Å². The summed E-state index contributed by atoms with van der Waals surface area (Å²) in [4.78, 5) is 12.8. The Morgan fingerprint density at radius 1 is 1.40 bits per heavy atom. The van der Waals surface area contributed by atoms with Crippen LogP contribution in [-0.4, -0.2) is 36.5 Å². The zero-order chi connectivity index (χ0) is 14.4. The summed E-state index contributed by atoms with van der Waals surface area (Å²) in [6, 6.07) is 7.68. The molecule has 1 aromatic rings. The average Bonchev–Trinajstić information content (AvgIpc) is 2.89. The van der Waals surface area contributed by atoms with Gasteiger partial charge in [0.05, 0.1) is 19.0 Å². The summed E-state index contributed by atoms with van der Waals surface area (Å²) in [5, 5.41) is 12.4. The van der Waals surface area contributed by atoms with Crippen LogP contribution in [-0.2, 0) is 4.79 Å². The molecule has 1 aliphatic carbocycles. The van der Waals surface area contributed by atoms with E-state index in [0.29, 0.717) is 18.2 Å². The number of thioether (sulfide) groups is 1. The molecule has 0 aliphatic heterocycles. The highest BCUT2D eigenvalue weighted by molar-refractivity contribution is 8.00. The van der Waals surface area contributed by atoms with E-state index in [-0.39, 0.29) is 12.0 Å². The SMILES string of the molecule is COc1ccc(SCC(=O)NCC2CCC(O)C2)cc1. The highest BCUT2D eigenvalue weighted by Crippen LogP contribution is 2.25. The van der Waals surface area contributed by atoms with Crippen molar-refractivity contribution >= 4 is 17.7 Å².